The highest BCUT2D eigenvalue weighted by molar-refractivity contribution is 7.52. The summed E-state index contributed by atoms with van der Waals surface area (Å²) in [5.74, 6) is 0. The first kappa shape index (κ1) is 34.7. The number of benzene rings is 4. The first-order chi connectivity index (χ1) is 22.1. The van der Waals surface area contributed by atoms with E-state index in [1.165, 1.54) is 6.66 Å². The van der Waals surface area contributed by atoms with Gasteiger partial charge in [0.2, 0.25) is 0 Å². The third kappa shape index (κ3) is 14.6. The third-order valence-electron chi connectivity index (χ3n) is 6.29. The largest absolute Gasteiger partial charge is 0.381 e. The second-order valence-corrected chi connectivity index (χ2v) is 12.2. The number of rotatable bonds is 22. The molecule has 4 aromatic rings. The summed E-state index contributed by atoms with van der Waals surface area (Å²) < 4.78 is 47.0. The lowest BCUT2D eigenvalue weighted by Gasteiger charge is -2.21. The Kier molecular flexibility index (Phi) is 15.4. The number of hydrogen-bond acceptors (Lipinski definition) is 9. The Bertz CT molecular complexity index is 1170. The van der Waals surface area contributed by atoms with E-state index < -0.39 is 19.8 Å². The maximum atomic E-state index is 13.1. The summed E-state index contributed by atoms with van der Waals surface area (Å²) in [6.07, 6.45) is -1.37. The number of ether oxygens (including phenoxy) is 4. The Balaban J connectivity index is 1.27. The fourth-order valence-electron chi connectivity index (χ4n) is 4.03. The highest BCUT2D eigenvalue weighted by Gasteiger charge is 2.26. The zero-order chi connectivity index (χ0) is 31.4. The van der Waals surface area contributed by atoms with Crippen LogP contribution in [0.3, 0.4) is 0 Å². The fourth-order valence-corrected chi connectivity index (χ4v) is 4.61. The smallest absolute Gasteiger partial charge is 0.374 e. The summed E-state index contributed by atoms with van der Waals surface area (Å²) in [7, 11) is -3.83. The molecule has 0 aromatic heterocycles. The molecule has 0 amide bonds. The molecule has 0 spiro atoms. The van der Waals surface area contributed by atoms with Crippen molar-refractivity contribution >= 4 is 7.60 Å². The molecule has 45 heavy (non-hydrogen) atoms. The maximum Gasteiger partial charge on any atom is 0.381 e. The second kappa shape index (κ2) is 20.0. The molecule has 0 aliphatic rings. The van der Waals surface area contributed by atoms with Gasteiger partial charge in [0.15, 0.2) is 0 Å². The topological polar surface area (TPSA) is 90.9 Å². The third-order valence-corrected chi connectivity index (χ3v) is 7.00. The molecule has 0 radical (unpaired) electrons. The Morgan fingerprint density at radius 3 is 0.933 bits per heavy atom. The summed E-state index contributed by atoms with van der Waals surface area (Å²) in [6.45, 7) is 3.27. The minimum atomic E-state index is -3.83. The van der Waals surface area contributed by atoms with Gasteiger partial charge in [0.25, 0.3) is 0 Å². The van der Waals surface area contributed by atoms with Gasteiger partial charge < -0.3 is 18.9 Å². The molecular weight excluding hydrogens is 595 g/mol. The van der Waals surface area contributed by atoms with E-state index in [2.05, 4.69) is 0 Å². The Morgan fingerprint density at radius 1 is 0.444 bits per heavy atom. The van der Waals surface area contributed by atoms with Crippen LogP contribution in [0.25, 0.3) is 0 Å². The molecule has 0 saturated carbocycles. The SMILES string of the molecule is CP(=O)(OOC(COCc1ccccc1)COCc1ccccc1)OOC(COCc1ccccc1)COCc1ccccc1. The molecule has 0 heterocycles. The van der Waals surface area contributed by atoms with E-state index >= 15 is 0 Å². The van der Waals surface area contributed by atoms with E-state index in [1.54, 1.807) is 0 Å². The van der Waals surface area contributed by atoms with Crippen molar-refractivity contribution in [2.45, 2.75) is 38.6 Å². The van der Waals surface area contributed by atoms with Crippen molar-refractivity contribution in [1.82, 2.24) is 0 Å². The molecule has 0 unspecified atom stereocenters. The van der Waals surface area contributed by atoms with E-state index in [4.69, 9.17) is 38.1 Å². The summed E-state index contributed by atoms with van der Waals surface area (Å²) in [4.78, 5) is 11.0. The molecule has 4 rings (SSSR count). The van der Waals surface area contributed by atoms with Crippen LogP contribution in [-0.4, -0.2) is 45.3 Å². The standard InChI is InChI=1S/C35H41O9P/c1-45(36,43-41-34(26-37-22-30-14-6-2-7-15-30)27-38-23-31-16-8-3-9-17-31)44-42-35(28-39-24-32-18-10-4-11-19-32)29-40-25-33-20-12-5-13-21-33/h2-21,34-35H,22-29H2,1H3. The van der Waals surface area contributed by atoms with Crippen molar-refractivity contribution in [2.75, 3.05) is 33.1 Å². The van der Waals surface area contributed by atoms with Crippen LogP contribution in [0.4, 0.5) is 0 Å². The lowest BCUT2D eigenvalue weighted by atomic mass is 10.2. The van der Waals surface area contributed by atoms with Gasteiger partial charge in [0, 0.05) is 6.66 Å². The van der Waals surface area contributed by atoms with Crippen LogP contribution in [-0.2, 0) is 69.1 Å². The Labute approximate surface area is 265 Å². The first-order valence-electron chi connectivity index (χ1n) is 14.8. The predicted octanol–water partition coefficient (Wildman–Crippen LogP) is 7.31. The van der Waals surface area contributed by atoms with Gasteiger partial charge in [0.05, 0.1) is 52.9 Å². The molecule has 10 heteroatoms. The molecular formula is C35H41O9P. The van der Waals surface area contributed by atoms with Crippen LogP contribution in [0, 0.1) is 0 Å². The Hall–Kier alpha value is -3.21. The normalized spacial score (nSPS) is 11.8. The summed E-state index contributed by atoms with van der Waals surface area (Å²) in [5, 5.41) is 0. The quantitative estimate of drug-likeness (QED) is 0.0500. The summed E-state index contributed by atoms with van der Waals surface area (Å²) >= 11 is 0. The van der Waals surface area contributed by atoms with Crippen molar-refractivity contribution in [3.8, 4) is 0 Å². The minimum Gasteiger partial charge on any atom is -0.374 e. The van der Waals surface area contributed by atoms with E-state index in [0.717, 1.165) is 22.3 Å². The summed E-state index contributed by atoms with van der Waals surface area (Å²) in [5.41, 5.74) is 4.04. The van der Waals surface area contributed by atoms with Gasteiger partial charge in [-0.05, 0) is 22.3 Å². The van der Waals surface area contributed by atoms with Crippen molar-refractivity contribution in [3.63, 3.8) is 0 Å². The zero-order valence-corrected chi connectivity index (χ0v) is 26.4. The van der Waals surface area contributed by atoms with Gasteiger partial charge >= 0.3 is 7.60 Å². The molecule has 240 valence electrons. The lowest BCUT2D eigenvalue weighted by Crippen LogP contribution is -2.27. The minimum absolute atomic E-state index is 0.133. The number of hydrogen-bond donors (Lipinski definition) is 0. The zero-order valence-electron chi connectivity index (χ0n) is 25.5. The van der Waals surface area contributed by atoms with Crippen molar-refractivity contribution in [1.29, 1.82) is 0 Å². The molecule has 0 N–H and O–H groups in total. The molecule has 0 atom stereocenters. The van der Waals surface area contributed by atoms with Gasteiger partial charge in [-0.25, -0.2) is 9.78 Å². The highest BCUT2D eigenvalue weighted by Crippen LogP contribution is 2.45. The maximum absolute atomic E-state index is 13.1. The van der Waals surface area contributed by atoms with Crippen LogP contribution in [0.2, 0.25) is 0 Å². The van der Waals surface area contributed by atoms with Crippen LogP contribution < -0.4 is 0 Å². The molecule has 0 bridgehead atoms. The van der Waals surface area contributed by atoms with E-state index in [9.17, 15) is 4.57 Å². The van der Waals surface area contributed by atoms with Gasteiger partial charge in [-0.15, -0.1) is 9.35 Å². The molecule has 0 fully saturated rings. The molecule has 0 aliphatic heterocycles. The van der Waals surface area contributed by atoms with Crippen LogP contribution in [0.1, 0.15) is 22.3 Å². The molecule has 0 saturated heterocycles. The molecule has 9 nitrogen and oxygen atoms in total. The molecule has 0 aliphatic carbocycles. The van der Waals surface area contributed by atoms with Crippen molar-refractivity contribution in [2.24, 2.45) is 0 Å². The summed E-state index contributed by atoms with van der Waals surface area (Å²) in [6, 6.07) is 39.0. The van der Waals surface area contributed by atoms with Gasteiger partial charge in [0.1, 0.15) is 12.2 Å². The van der Waals surface area contributed by atoms with E-state index in [-0.39, 0.29) is 26.4 Å². The van der Waals surface area contributed by atoms with E-state index in [1.807, 2.05) is 121 Å². The van der Waals surface area contributed by atoms with Crippen molar-refractivity contribution in [3.05, 3.63) is 144 Å². The molecule has 4 aromatic carbocycles. The van der Waals surface area contributed by atoms with Gasteiger partial charge in [-0.3, -0.25) is 4.57 Å². The monoisotopic (exact) mass is 636 g/mol. The first-order valence-corrected chi connectivity index (χ1v) is 16.8. The van der Waals surface area contributed by atoms with Crippen LogP contribution in [0.5, 0.6) is 0 Å². The lowest BCUT2D eigenvalue weighted by molar-refractivity contribution is -0.314. The van der Waals surface area contributed by atoms with Crippen molar-refractivity contribution < 1.29 is 42.6 Å². The van der Waals surface area contributed by atoms with Crippen LogP contribution in [0.15, 0.2) is 121 Å². The average molecular weight is 637 g/mol. The van der Waals surface area contributed by atoms with Crippen LogP contribution >= 0.6 is 7.60 Å². The average Bonchev–Trinajstić information content (AvgIpc) is 3.07. The van der Waals surface area contributed by atoms with E-state index in [0.29, 0.717) is 26.4 Å². The van der Waals surface area contributed by atoms with Gasteiger partial charge in [-0.1, -0.05) is 121 Å². The second-order valence-electron chi connectivity index (χ2n) is 10.4. The van der Waals surface area contributed by atoms with Gasteiger partial charge in [-0.2, -0.15) is 0 Å². The highest BCUT2D eigenvalue weighted by atomic mass is 31.2. The fraction of sp³-hybridized carbons (Fsp3) is 0.314. The Morgan fingerprint density at radius 2 is 0.689 bits per heavy atom. The predicted molar refractivity (Wildman–Crippen MR) is 170 cm³/mol.